The second kappa shape index (κ2) is 6.41. The Balaban J connectivity index is 2.04. The van der Waals surface area contributed by atoms with Crippen molar-refractivity contribution < 1.29 is 9.94 Å². The zero-order valence-corrected chi connectivity index (χ0v) is 14.3. The molecule has 0 aliphatic carbocycles. The highest BCUT2D eigenvalue weighted by Crippen LogP contribution is 2.33. The minimum Gasteiger partial charge on any atom is -0.710 e. The predicted molar refractivity (Wildman–Crippen MR) is 102 cm³/mol. The highest BCUT2D eigenvalue weighted by Gasteiger charge is 2.31. The van der Waals surface area contributed by atoms with Crippen LogP contribution in [0.2, 0.25) is 0 Å². The Morgan fingerprint density at radius 3 is 1.85 bits per heavy atom. The second-order valence-electron chi connectivity index (χ2n) is 6.23. The fraction of sp³-hybridized carbons (Fsp3) is 0.0455. The first-order chi connectivity index (χ1) is 12.7. The molecule has 26 heavy (non-hydrogen) atoms. The SMILES string of the molecule is Cc1ccc(-c2n(O)c(-c3ccccc3)c(-c3ccccc3)[n+]2[O-])cc1. The summed E-state index contributed by atoms with van der Waals surface area (Å²) in [4.78, 5) is 0. The number of rotatable bonds is 3. The number of benzene rings is 3. The molecule has 0 saturated heterocycles. The van der Waals surface area contributed by atoms with Crippen LogP contribution in [0.4, 0.5) is 0 Å². The minimum atomic E-state index is 0.197. The van der Waals surface area contributed by atoms with Crippen molar-refractivity contribution in [1.29, 1.82) is 0 Å². The summed E-state index contributed by atoms with van der Waals surface area (Å²) in [5, 5.41) is 24.1. The summed E-state index contributed by atoms with van der Waals surface area (Å²) in [5.74, 6) is 0.197. The van der Waals surface area contributed by atoms with Gasteiger partial charge in [-0.2, -0.15) is 0 Å². The average molecular weight is 342 g/mol. The fourth-order valence-electron chi connectivity index (χ4n) is 3.14. The first-order valence-corrected chi connectivity index (χ1v) is 8.42. The third kappa shape index (κ3) is 2.62. The van der Waals surface area contributed by atoms with Gasteiger partial charge in [0.2, 0.25) is 5.69 Å². The van der Waals surface area contributed by atoms with Gasteiger partial charge in [-0.3, -0.25) is 0 Å². The average Bonchev–Trinajstić information content (AvgIpc) is 2.94. The van der Waals surface area contributed by atoms with E-state index in [-0.39, 0.29) is 5.82 Å². The molecule has 0 fully saturated rings. The molecule has 4 aromatic rings. The molecule has 4 rings (SSSR count). The van der Waals surface area contributed by atoms with Crippen LogP contribution in [0.5, 0.6) is 0 Å². The molecular formula is C22H18N2O2. The molecule has 1 N–H and O–H groups in total. The van der Waals surface area contributed by atoms with Crippen LogP contribution in [0.1, 0.15) is 5.56 Å². The Labute approximate surface area is 151 Å². The molecule has 0 radical (unpaired) electrons. The van der Waals surface area contributed by atoms with E-state index in [1.54, 1.807) is 0 Å². The van der Waals surface area contributed by atoms with E-state index in [1.807, 2.05) is 91.9 Å². The second-order valence-corrected chi connectivity index (χ2v) is 6.23. The summed E-state index contributed by atoms with van der Waals surface area (Å²) >= 11 is 0. The Morgan fingerprint density at radius 2 is 1.27 bits per heavy atom. The van der Waals surface area contributed by atoms with E-state index < -0.39 is 0 Å². The number of imidazole rings is 1. The van der Waals surface area contributed by atoms with Crippen LogP contribution >= 0.6 is 0 Å². The molecule has 3 aromatic carbocycles. The predicted octanol–water partition coefficient (Wildman–Crippen LogP) is 4.67. The zero-order valence-electron chi connectivity index (χ0n) is 14.3. The standard InChI is InChI=1S/C22H18N2O2/c1-16-12-14-19(15-13-16)22-23(25)20(17-8-4-2-5-9-17)21(24(22)26)18-10-6-3-7-11-18/h2-15,25H,1H3. The van der Waals surface area contributed by atoms with Gasteiger partial charge in [-0.15, -0.1) is 0 Å². The molecule has 0 amide bonds. The summed E-state index contributed by atoms with van der Waals surface area (Å²) in [5.41, 5.74) is 4.18. The number of aromatic nitrogens is 2. The van der Waals surface area contributed by atoms with Crippen molar-refractivity contribution in [1.82, 2.24) is 4.73 Å². The lowest BCUT2D eigenvalue weighted by atomic mass is 10.1. The summed E-state index contributed by atoms with van der Waals surface area (Å²) in [6.45, 7) is 1.98. The summed E-state index contributed by atoms with van der Waals surface area (Å²) in [6, 6.07) is 26.4. The molecule has 4 heteroatoms. The van der Waals surface area contributed by atoms with Crippen LogP contribution in [0.15, 0.2) is 84.9 Å². The maximum Gasteiger partial charge on any atom is 0.332 e. The molecule has 4 nitrogen and oxygen atoms in total. The van der Waals surface area contributed by atoms with Crippen molar-refractivity contribution in [2.24, 2.45) is 0 Å². The van der Waals surface area contributed by atoms with E-state index in [9.17, 15) is 10.4 Å². The lowest BCUT2D eigenvalue weighted by molar-refractivity contribution is -0.582. The van der Waals surface area contributed by atoms with Crippen molar-refractivity contribution in [3.63, 3.8) is 0 Å². The fourth-order valence-corrected chi connectivity index (χ4v) is 3.14. The zero-order chi connectivity index (χ0) is 18.1. The highest BCUT2D eigenvalue weighted by atomic mass is 16.5. The van der Waals surface area contributed by atoms with Crippen molar-refractivity contribution in [2.45, 2.75) is 6.92 Å². The van der Waals surface area contributed by atoms with E-state index in [2.05, 4.69) is 0 Å². The minimum absolute atomic E-state index is 0.197. The maximum atomic E-state index is 13.2. The molecule has 0 unspecified atom stereocenters. The molecule has 0 atom stereocenters. The Morgan fingerprint density at radius 1 is 0.731 bits per heavy atom. The van der Waals surface area contributed by atoms with Gasteiger partial charge >= 0.3 is 5.82 Å². The summed E-state index contributed by atoms with van der Waals surface area (Å²) < 4.78 is 1.80. The van der Waals surface area contributed by atoms with Gasteiger partial charge in [0.25, 0.3) is 0 Å². The Hall–Kier alpha value is -3.53. The Kier molecular flexibility index (Phi) is 3.93. The summed E-state index contributed by atoms with van der Waals surface area (Å²) in [6.07, 6.45) is 0. The first kappa shape index (κ1) is 16.0. The monoisotopic (exact) mass is 342 g/mol. The lowest BCUT2D eigenvalue weighted by Crippen LogP contribution is -2.30. The van der Waals surface area contributed by atoms with Crippen LogP contribution in [0.25, 0.3) is 33.9 Å². The van der Waals surface area contributed by atoms with Crippen molar-refractivity contribution in [3.05, 3.63) is 95.7 Å². The maximum absolute atomic E-state index is 13.2. The number of hydrogen-bond acceptors (Lipinski definition) is 2. The van der Waals surface area contributed by atoms with Gasteiger partial charge in [-0.1, -0.05) is 78.4 Å². The van der Waals surface area contributed by atoms with Gasteiger partial charge < -0.3 is 10.4 Å². The van der Waals surface area contributed by atoms with Gasteiger partial charge in [0.05, 0.1) is 5.56 Å². The van der Waals surface area contributed by atoms with Gasteiger partial charge in [-0.25, -0.2) is 4.73 Å². The van der Waals surface area contributed by atoms with E-state index in [0.29, 0.717) is 17.0 Å². The van der Waals surface area contributed by atoms with Crippen molar-refractivity contribution >= 4 is 0 Å². The smallest absolute Gasteiger partial charge is 0.332 e. The van der Waals surface area contributed by atoms with Crippen LogP contribution in [-0.4, -0.2) is 9.94 Å². The molecule has 1 aromatic heterocycles. The molecule has 0 aliphatic heterocycles. The molecular weight excluding hydrogens is 324 g/mol. The van der Waals surface area contributed by atoms with Gasteiger partial charge in [0.15, 0.2) is 5.69 Å². The lowest BCUT2D eigenvalue weighted by Gasteiger charge is -2.07. The van der Waals surface area contributed by atoms with Gasteiger partial charge in [0, 0.05) is 11.1 Å². The molecule has 0 saturated carbocycles. The largest absolute Gasteiger partial charge is 0.710 e. The van der Waals surface area contributed by atoms with Crippen molar-refractivity contribution in [2.75, 3.05) is 0 Å². The third-order valence-corrected chi connectivity index (χ3v) is 4.44. The molecule has 0 bridgehead atoms. The number of hydrogen-bond donors (Lipinski definition) is 1. The van der Waals surface area contributed by atoms with E-state index in [1.165, 1.54) is 0 Å². The third-order valence-electron chi connectivity index (χ3n) is 4.44. The van der Waals surface area contributed by atoms with Gasteiger partial charge in [0.1, 0.15) is 0 Å². The molecule has 0 aliphatic rings. The van der Waals surface area contributed by atoms with Crippen LogP contribution in [-0.2, 0) is 0 Å². The normalized spacial score (nSPS) is 10.8. The Bertz CT molecular complexity index is 974. The summed E-state index contributed by atoms with van der Waals surface area (Å²) in [7, 11) is 0. The number of nitrogens with zero attached hydrogens (tertiary/aromatic N) is 2. The van der Waals surface area contributed by atoms with Crippen LogP contribution < -0.4 is 4.73 Å². The topological polar surface area (TPSA) is 52.1 Å². The first-order valence-electron chi connectivity index (χ1n) is 8.42. The van der Waals surface area contributed by atoms with E-state index >= 15 is 0 Å². The highest BCUT2D eigenvalue weighted by molar-refractivity contribution is 5.78. The quantitative estimate of drug-likeness (QED) is 0.334. The van der Waals surface area contributed by atoms with E-state index in [4.69, 9.17) is 0 Å². The van der Waals surface area contributed by atoms with Gasteiger partial charge in [-0.05, 0) is 23.8 Å². The molecule has 0 spiro atoms. The van der Waals surface area contributed by atoms with Crippen LogP contribution in [0.3, 0.4) is 0 Å². The number of aryl methyl sites for hydroxylation is 1. The van der Waals surface area contributed by atoms with E-state index in [0.717, 1.165) is 26.2 Å². The molecule has 1 heterocycles. The van der Waals surface area contributed by atoms with Crippen molar-refractivity contribution in [3.8, 4) is 33.9 Å². The molecule has 128 valence electrons. The van der Waals surface area contributed by atoms with Crippen LogP contribution in [0, 0.1) is 12.1 Å².